The number of benzene rings is 2. The number of halogens is 1. The third-order valence-corrected chi connectivity index (χ3v) is 4.84. The number of carbonyl (C=O) groups excluding carboxylic acids is 2. The molecular weight excluding hydrogens is 404 g/mol. The van der Waals surface area contributed by atoms with E-state index in [9.17, 15) is 19.7 Å². The van der Waals surface area contributed by atoms with Crippen LogP contribution in [0.4, 0.5) is 5.69 Å². The molecular formula is C18H15BrN2O5. The molecule has 1 aliphatic rings. The standard InChI is InChI=1S/C18H15BrN2O5/c1-26-17(23)12-8-11(9-15(10-12)21(24)25)16(22)20-18(6-7-18)13-2-4-14(19)5-3-13/h2-5,8-10H,6-7H2,1H3,(H,20,22). The van der Waals surface area contributed by atoms with E-state index in [2.05, 4.69) is 26.0 Å². The Kier molecular flexibility index (Phi) is 4.78. The first kappa shape index (κ1) is 18.1. The summed E-state index contributed by atoms with van der Waals surface area (Å²) >= 11 is 3.37. The molecule has 2 aromatic rings. The molecule has 7 nitrogen and oxygen atoms in total. The van der Waals surface area contributed by atoms with Crippen molar-refractivity contribution in [3.05, 3.63) is 73.7 Å². The number of methoxy groups -OCH3 is 1. The maximum atomic E-state index is 12.7. The first-order valence-corrected chi connectivity index (χ1v) is 8.60. The predicted octanol–water partition coefficient (Wildman–Crippen LogP) is 3.56. The second-order valence-electron chi connectivity index (χ2n) is 6.06. The molecule has 2 aromatic carbocycles. The lowest BCUT2D eigenvalue weighted by atomic mass is 10.0. The van der Waals surface area contributed by atoms with Gasteiger partial charge in [-0.05, 0) is 36.6 Å². The molecule has 3 rings (SSSR count). The fraction of sp³-hybridized carbons (Fsp3) is 0.222. The molecule has 0 aliphatic heterocycles. The zero-order valence-electron chi connectivity index (χ0n) is 13.8. The summed E-state index contributed by atoms with van der Waals surface area (Å²) in [5.74, 6) is -1.21. The number of nitrogens with zero attached hydrogens (tertiary/aromatic N) is 1. The molecule has 0 radical (unpaired) electrons. The highest BCUT2D eigenvalue weighted by molar-refractivity contribution is 9.10. The number of hydrogen-bond acceptors (Lipinski definition) is 5. The van der Waals surface area contributed by atoms with Gasteiger partial charge in [0, 0.05) is 22.2 Å². The lowest BCUT2D eigenvalue weighted by molar-refractivity contribution is -0.384. The molecule has 0 heterocycles. The molecule has 0 spiro atoms. The number of rotatable bonds is 5. The Bertz CT molecular complexity index is 891. The van der Waals surface area contributed by atoms with Crippen LogP contribution in [0.25, 0.3) is 0 Å². The molecule has 0 unspecified atom stereocenters. The maximum absolute atomic E-state index is 12.7. The van der Waals surface area contributed by atoms with Gasteiger partial charge in [-0.25, -0.2) is 4.79 Å². The summed E-state index contributed by atoms with van der Waals surface area (Å²) in [5.41, 5.74) is 0.149. The van der Waals surface area contributed by atoms with E-state index >= 15 is 0 Å². The average Bonchev–Trinajstić information content (AvgIpc) is 3.41. The van der Waals surface area contributed by atoms with Crippen molar-refractivity contribution >= 4 is 33.5 Å². The van der Waals surface area contributed by atoms with Crippen LogP contribution in [0.3, 0.4) is 0 Å². The number of ether oxygens (including phenoxy) is 1. The average molecular weight is 419 g/mol. The Morgan fingerprint density at radius 2 is 1.77 bits per heavy atom. The van der Waals surface area contributed by atoms with Gasteiger partial charge in [0.1, 0.15) is 0 Å². The van der Waals surface area contributed by atoms with Crippen molar-refractivity contribution in [1.82, 2.24) is 5.32 Å². The van der Waals surface area contributed by atoms with Crippen LogP contribution in [0.2, 0.25) is 0 Å². The fourth-order valence-electron chi connectivity index (χ4n) is 2.75. The Morgan fingerprint density at radius 1 is 1.15 bits per heavy atom. The summed E-state index contributed by atoms with van der Waals surface area (Å²) in [6.07, 6.45) is 1.55. The van der Waals surface area contributed by atoms with Crippen molar-refractivity contribution < 1.29 is 19.2 Å². The van der Waals surface area contributed by atoms with E-state index in [0.29, 0.717) is 0 Å². The van der Waals surface area contributed by atoms with Crippen LogP contribution in [0, 0.1) is 10.1 Å². The number of nitro benzene ring substituents is 1. The number of amides is 1. The molecule has 1 amide bonds. The lowest BCUT2D eigenvalue weighted by Gasteiger charge is -2.18. The number of esters is 1. The molecule has 0 saturated heterocycles. The zero-order valence-corrected chi connectivity index (χ0v) is 15.4. The van der Waals surface area contributed by atoms with Gasteiger partial charge in [0.05, 0.1) is 23.1 Å². The van der Waals surface area contributed by atoms with Crippen molar-refractivity contribution in [3.63, 3.8) is 0 Å². The molecule has 1 saturated carbocycles. The highest BCUT2D eigenvalue weighted by Gasteiger charge is 2.45. The molecule has 8 heteroatoms. The van der Waals surface area contributed by atoms with Gasteiger partial charge in [0.2, 0.25) is 0 Å². The minimum absolute atomic E-state index is 0.0414. The molecule has 0 atom stereocenters. The fourth-order valence-corrected chi connectivity index (χ4v) is 3.02. The highest BCUT2D eigenvalue weighted by Crippen LogP contribution is 2.46. The molecule has 26 heavy (non-hydrogen) atoms. The van der Waals surface area contributed by atoms with Crippen molar-refractivity contribution in [3.8, 4) is 0 Å². The quantitative estimate of drug-likeness (QED) is 0.454. The van der Waals surface area contributed by atoms with E-state index in [4.69, 9.17) is 0 Å². The largest absolute Gasteiger partial charge is 0.465 e. The minimum atomic E-state index is -0.739. The van der Waals surface area contributed by atoms with Crippen LogP contribution >= 0.6 is 15.9 Å². The number of nitro groups is 1. The van der Waals surface area contributed by atoms with Crippen LogP contribution in [0.1, 0.15) is 39.1 Å². The molecule has 1 aliphatic carbocycles. The smallest absolute Gasteiger partial charge is 0.338 e. The second-order valence-corrected chi connectivity index (χ2v) is 6.98. The van der Waals surface area contributed by atoms with E-state index in [1.165, 1.54) is 13.2 Å². The SMILES string of the molecule is COC(=O)c1cc(C(=O)NC2(c3ccc(Br)cc3)CC2)cc([N+](=O)[O-])c1. The van der Waals surface area contributed by atoms with Crippen molar-refractivity contribution in [2.24, 2.45) is 0 Å². The third kappa shape index (κ3) is 3.60. The molecule has 0 bridgehead atoms. The molecule has 1 fully saturated rings. The van der Waals surface area contributed by atoms with E-state index < -0.39 is 22.3 Å². The van der Waals surface area contributed by atoms with E-state index in [1.54, 1.807) is 0 Å². The Labute approximate surface area is 157 Å². The second kappa shape index (κ2) is 6.87. The molecule has 134 valence electrons. The topological polar surface area (TPSA) is 98.5 Å². The first-order valence-electron chi connectivity index (χ1n) is 7.81. The van der Waals surface area contributed by atoms with Crippen LogP contribution in [-0.2, 0) is 10.3 Å². The summed E-state index contributed by atoms with van der Waals surface area (Å²) in [6, 6.07) is 11.2. The van der Waals surface area contributed by atoms with Gasteiger partial charge >= 0.3 is 5.97 Å². The Balaban J connectivity index is 1.90. The zero-order chi connectivity index (χ0) is 18.9. The minimum Gasteiger partial charge on any atom is -0.465 e. The molecule has 1 N–H and O–H groups in total. The number of nitrogens with one attached hydrogen (secondary N) is 1. The monoisotopic (exact) mass is 418 g/mol. The highest BCUT2D eigenvalue weighted by atomic mass is 79.9. The van der Waals surface area contributed by atoms with Crippen LogP contribution in [-0.4, -0.2) is 23.9 Å². The maximum Gasteiger partial charge on any atom is 0.338 e. The van der Waals surface area contributed by atoms with Crippen molar-refractivity contribution in [1.29, 1.82) is 0 Å². The van der Waals surface area contributed by atoms with E-state index in [1.807, 2.05) is 24.3 Å². The summed E-state index contributed by atoms with van der Waals surface area (Å²) in [6.45, 7) is 0. The van der Waals surface area contributed by atoms with Crippen LogP contribution in [0.15, 0.2) is 46.9 Å². The van der Waals surface area contributed by atoms with Gasteiger partial charge < -0.3 is 10.1 Å². The summed E-state index contributed by atoms with van der Waals surface area (Å²) in [4.78, 5) is 34.9. The summed E-state index contributed by atoms with van der Waals surface area (Å²) in [5, 5.41) is 14.0. The predicted molar refractivity (Wildman–Crippen MR) is 97.0 cm³/mol. The molecule has 0 aromatic heterocycles. The summed E-state index contributed by atoms with van der Waals surface area (Å²) in [7, 11) is 1.17. The lowest BCUT2D eigenvalue weighted by Crippen LogP contribution is -2.35. The number of hydrogen-bond donors (Lipinski definition) is 1. The van der Waals surface area contributed by atoms with E-state index in [-0.39, 0.29) is 16.8 Å². The van der Waals surface area contributed by atoms with E-state index in [0.717, 1.165) is 35.0 Å². The van der Waals surface area contributed by atoms with Crippen molar-refractivity contribution in [2.75, 3.05) is 7.11 Å². The Morgan fingerprint density at radius 3 is 2.31 bits per heavy atom. The number of carbonyl (C=O) groups is 2. The normalized spacial score (nSPS) is 14.4. The first-order chi connectivity index (χ1) is 12.3. The van der Waals surface area contributed by atoms with Gasteiger partial charge in [-0.3, -0.25) is 14.9 Å². The Hall–Kier alpha value is -2.74. The van der Waals surface area contributed by atoms with Gasteiger partial charge in [-0.2, -0.15) is 0 Å². The van der Waals surface area contributed by atoms with Crippen molar-refractivity contribution in [2.45, 2.75) is 18.4 Å². The van der Waals surface area contributed by atoms with Gasteiger partial charge in [0.15, 0.2) is 0 Å². The summed E-state index contributed by atoms with van der Waals surface area (Å²) < 4.78 is 5.54. The van der Waals surface area contributed by atoms with Gasteiger partial charge in [0.25, 0.3) is 11.6 Å². The van der Waals surface area contributed by atoms with Crippen LogP contribution in [0.5, 0.6) is 0 Å². The van der Waals surface area contributed by atoms with Gasteiger partial charge in [-0.15, -0.1) is 0 Å². The number of non-ortho nitro benzene ring substituents is 1. The van der Waals surface area contributed by atoms with Gasteiger partial charge in [-0.1, -0.05) is 28.1 Å². The van der Waals surface area contributed by atoms with Crippen LogP contribution < -0.4 is 5.32 Å². The third-order valence-electron chi connectivity index (χ3n) is 4.31.